The number of carbonyl (C=O) groups is 2. The van der Waals surface area contributed by atoms with Crippen molar-refractivity contribution in [2.45, 2.75) is 26.3 Å². The molecule has 0 bridgehead atoms. The van der Waals surface area contributed by atoms with Crippen molar-refractivity contribution in [2.75, 3.05) is 18.1 Å². The van der Waals surface area contributed by atoms with E-state index in [2.05, 4.69) is 17.6 Å². The first-order valence-corrected chi connectivity index (χ1v) is 8.12. The highest BCUT2D eigenvalue weighted by Gasteiger charge is 2.07. The zero-order chi connectivity index (χ0) is 15.7. The molecule has 1 atom stereocenters. The largest absolute Gasteiger partial charge is 0.478 e. The van der Waals surface area contributed by atoms with Crippen LogP contribution >= 0.6 is 11.8 Å². The summed E-state index contributed by atoms with van der Waals surface area (Å²) in [6.07, 6.45) is 0.604. The first-order valence-electron chi connectivity index (χ1n) is 6.97. The lowest BCUT2D eigenvalue weighted by molar-refractivity contribution is 0.0696. The van der Waals surface area contributed by atoms with Crippen LogP contribution in [0.4, 0.5) is 4.79 Å². The number of urea groups is 1. The van der Waals surface area contributed by atoms with E-state index in [-0.39, 0.29) is 17.6 Å². The molecule has 0 heterocycles. The molecule has 1 rings (SSSR count). The molecule has 1 unspecified atom stereocenters. The third kappa shape index (κ3) is 7.04. The minimum absolute atomic E-state index is 0.130. The van der Waals surface area contributed by atoms with Gasteiger partial charge >= 0.3 is 12.0 Å². The highest BCUT2D eigenvalue weighted by atomic mass is 32.2. The number of amides is 2. The van der Waals surface area contributed by atoms with E-state index in [1.54, 1.807) is 30.0 Å². The summed E-state index contributed by atoms with van der Waals surface area (Å²) in [7, 11) is 0. The Labute approximate surface area is 129 Å². The topological polar surface area (TPSA) is 78.4 Å². The van der Waals surface area contributed by atoms with Gasteiger partial charge in [-0.05, 0) is 36.8 Å². The number of thioether (sulfide) groups is 1. The normalized spacial score (nSPS) is 11.7. The Kier molecular flexibility index (Phi) is 7.68. The van der Waals surface area contributed by atoms with Crippen LogP contribution in [0, 0.1) is 0 Å². The fourth-order valence-electron chi connectivity index (χ4n) is 1.79. The number of aromatic carboxylic acids is 1. The maximum atomic E-state index is 11.7. The first-order chi connectivity index (χ1) is 10.0. The maximum Gasteiger partial charge on any atom is 0.335 e. The van der Waals surface area contributed by atoms with Crippen LogP contribution in [0.2, 0.25) is 0 Å². The summed E-state index contributed by atoms with van der Waals surface area (Å²) in [5, 5.41) is 14.6. The third-order valence-corrected chi connectivity index (χ3v) is 3.97. The van der Waals surface area contributed by atoms with E-state index in [1.165, 1.54) is 0 Å². The highest BCUT2D eigenvalue weighted by Crippen LogP contribution is 2.05. The molecule has 0 spiro atoms. The lowest BCUT2D eigenvalue weighted by atomic mass is 10.1. The minimum Gasteiger partial charge on any atom is -0.478 e. The molecule has 0 aromatic heterocycles. The summed E-state index contributed by atoms with van der Waals surface area (Å²) in [4.78, 5) is 22.5. The number of carbonyl (C=O) groups excluding carboxylic acids is 1. The zero-order valence-corrected chi connectivity index (χ0v) is 13.2. The second-order valence-electron chi connectivity index (χ2n) is 4.72. The van der Waals surface area contributed by atoms with Gasteiger partial charge in [-0.1, -0.05) is 19.1 Å². The van der Waals surface area contributed by atoms with Gasteiger partial charge in [0, 0.05) is 18.3 Å². The summed E-state index contributed by atoms with van der Waals surface area (Å²) < 4.78 is 0. The number of carboxylic acids is 1. The molecule has 1 aromatic rings. The molecule has 0 radical (unpaired) electrons. The molecule has 0 saturated heterocycles. The Balaban J connectivity index is 2.31. The molecule has 5 nitrogen and oxygen atoms in total. The van der Waals surface area contributed by atoms with Crippen LogP contribution in [0.1, 0.15) is 29.8 Å². The summed E-state index contributed by atoms with van der Waals surface area (Å²) in [5.74, 6) is 0.989. The summed E-state index contributed by atoms with van der Waals surface area (Å²) >= 11 is 1.79. The van der Waals surface area contributed by atoms with Crippen LogP contribution in [0.5, 0.6) is 0 Å². The summed E-state index contributed by atoms with van der Waals surface area (Å²) in [5.41, 5.74) is 1.16. The van der Waals surface area contributed by atoms with Gasteiger partial charge in [0.1, 0.15) is 0 Å². The van der Waals surface area contributed by atoms with Crippen molar-refractivity contribution in [3.63, 3.8) is 0 Å². The Morgan fingerprint density at radius 2 is 2.14 bits per heavy atom. The molecule has 1 aromatic carbocycles. The highest BCUT2D eigenvalue weighted by molar-refractivity contribution is 7.99. The molecule has 0 saturated carbocycles. The van der Waals surface area contributed by atoms with Crippen LogP contribution in [-0.2, 0) is 6.42 Å². The summed E-state index contributed by atoms with van der Waals surface area (Å²) in [6, 6.07) is 6.69. The zero-order valence-electron chi connectivity index (χ0n) is 12.4. The minimum atomic E-state index is -0.940. The molecule has 0 aliphatic heterocycles. The number of hydrogen-bond donors (Lipinski definition) is 3. The smallest absolute Gasteiger partial charge is 0.335 e. The lowest BCUT2D eigenvalue weighted by Gasteiger charge is -2.14. The van der Waals surface area contributed by atoms with E-state index in [1.807, 2.05) is 13.0 Å². The van der Waals surface area contributed by atoms with E-state index in [9.17, 15) is 9.59 Å². The van der Waals surface area contributed by atoms with Crippen LogP contribution in [0.25, 0.3) is 0 Å². The Bertz CT molecular complexity index is 480. The molecular weight excluding hydrogens is 288 g/mol. The van der Waals surface area contributed by atoms with E-state index in [0.29, 0.717) is 13.0 Å². The van der Waals surface area contributed by atoms with Crippen molar-refractivity contribution >= 4 is 23.8 Å². The molecule has 2 amide bonds. The fraction of sp³-hybridized carbons (Fsp3) is 0.467. The molecule has 0 fully saturated rings. The molecule has 21 heavy (non-hydrogen) atoms. The molecule has 3 N–H and O–H groups in total. The van der Waals surface area contributed by atoms with Gasteiger partial charge in [0.15, 0.2) is 0 Å². The Morgan fingerprint density at radius 1 is 1.38 bits per heavy atom. The van der Waals surface area contributed by atoms with E-state index in [4.69, 9.17) is 5.11 Å². The number of rotatable bonds is 8. The van der Waals surface area contributed by atoms with Crippen LogP contribution in [0.3, 0.4) is 0 Å². The van der Waals surface area contributed by atoms with Gasteiger partial charge in [0.2, 0.25) is 0 Å². The average Bonchev–Trinajstić information content (AvgIpc) is 2.45. The predicted octanol–water partition coefficient (Wildman–Crippen LogP) is 2.37. The Hall–Kier alpha value is -1.69. The van der Waals surface area contributed by atoms with Gasteiger partial charge in [0.25, 0.3) is 0 Å². The van der Waals surface area contributed by atoms with Crippen molar-refractivity contribution in [3.05, 3.63) is 35.4 Å². The SMILES string of the molecule is CCSCC(C)NC(=O)NCCc1cccc(C(=O)O)c1. The molecular formula is C15H22N2O3S. The van der Waals surface area contributed by atoms with Gasteiger partial charge in [-0.2, -0.15) is 11.8 Å². The number of benzene rings is 1. The second kappa shape index (κ2) is 9.28. The van der Waals surface area contributed by atoms with Crippen molar-refractivity contribution in [3.8, 4) is 0 Å². The molecule has 0 aliphatic carbocycles. The first kappa shape index (κ1) is 17.4. The van der Waals surface area contributed by atoms with E-state index < -0.39 is 5.97 Å². The fourth-order valence-corrected chi connectivity index (χ4v) is 2.46. The van der Waals surface area contributed by atoms with Crippen molar-refractivity contribution in [1.29, 1.82) is 0 Å². The number of nitrogens with one attached hydrogen (secondary N) is 2. The third-order valence-electron chi connectivity index (χ3n) is 2.82. The van der Waals surface area contributed by atoms with Crippen molar-refractivity contribution in [2.24, 2.45) is 0 Å². The van der Waals surface area contributed by atoms with E-state index >= 15 is 0 Å². The molecule has 6 heteroatoms. The van der Waals surface area contributed by atoms with Crippen LogP contribution in [-0.4, -0.2) is 41.2 Å². The lowest BCUT2D eigenvalue weighted by Crippen LogP contribution is -2.42. The van der Waals surface area contributed by atoms with Crippen LogP contribution in [0.15, 0.2) is 24.3 Å². The maximum absolute atomic E-state index is 11.7. The molecule has 0 aliphatic rings. The number of hydrogen-bond acceptors (Lipinski definition) is 3. The van der Waals surface area contributed by atoms with Gasteiger partial charge in [-0.3, -0.25) is 0 Å². The van der Waals surface area contributed by atoms with Crippen molar-refractivity contribution < 1.29 is 14.7 Å². The standard InChI is InChI=1S/C15H22N2O3S/c1-3-21-10-11(2)17-15(20)16-8-7-12-5-4-6-13(9-12)14(18)19/h4-6,9,11H,3,7-8,10H2,1-2H3,(H,18,19)(H2,16,17,20). The van der Waals surface area contributed by atoms with Gasteiger partial charge in [-0.15, -0.1) is 0 Å². The van der Waals surface area contributed by atoms with Gasteiger partial charge in [0.05, 0.1) is 5.56 Å². The predicted molar refractivity (Wildman–Crippen MR) is 86.1 cm³/mol. The molecule has 116 valence electrons. The monoisotopic (exact) mass is 310 g/mol. The second-order valence-corrected chi connectivity index (χ2v) is 6.04. The summed E-state index contributed by atoms with van der Waals surface area (Å²) in [6.45, 7) is 4.53. The van der Waals surface area contributed by atoms with Gasteiger partial charge < -0.3 is 15.7 Å². The Morgan fingerprint density at radius 3 is 2.81 bits per heavy atom. The van der Waals surface area contributed by atoms with Crippen LogP contribution < -0.4 is 10.6 Å². The average molecular weight is 310 g/mol. The van der Waals surface area contributed by atoms with E-state index in [0.717, 1.165) is 17.1 Å². The van der Waals surface area contributed by atoms with Crippen molar-refractivity contribution in [1.82, 2.24) is 10.6 Å². The van der Waals surface area contributed by atoms with Gasteiger partial charge in [-0.25, -0.2) is 9.59 Å². The number of carboxylic acid groups (broad SMARTS) is 1. The quantitative estimate of drug-likeness (QED) is 0.689.